The summed E-state index contributed by atoms with van der Waals surface area (Å²) in [6.07, 6.45) is 8.82. The largest absolute Gasteiger partial charge is 0.454 e. The SMILES string of the molecule is CCS(=O)(=O)N(CCN1CCCCC1)C1CN(C(=O)c2ccc(Cn3ccnc3)o2)C1. The summed E-state index contributed by atoms with van der Waals surface area (Å²) in [6.45, 7) is 6.29. The highest BCUT2D eigenvalue weighted by molar-refractivity contribution is 7.89. The maximum Gasteiger partial charge on any atom is 0.289 e. The number of furan rings is 1. The maximum absolute atomic E-state index is 12.8. The van der Waals surface area contributed by atoms with Crippen molar-refractivity contribution >= 4 is 15.9 Å². The molecule has 2 saturated heterocycles. The molecule has 0 radical (unpaired) electrons. The van der Waals surface area contributed by atoms with Crippen molar-refractivity contribution in [3.63, 3.8) is 0 Å². The molecule has 0 aliphatic carbocycles. The van der Waals surface area contributed by atoms with E-state index in [-0.39, 0.29) is 23.5 Å². The molecule has 0 atom stereocenters. The smallest absolute Gasteiger partial charge is 0.289 e. The van der Waals surface area contributed by atoms with E-state index < -0.39 is 10.0 Å². The Bertz CT molecular complexity index is 960. The Kier molecular flexibility index (Phi) is 6.78. The quantitative estimate of drug-likeness (QED) is 0.576. The van der Waals surface area contributed by atoms with Crippen LogP contribution in [-0.4, -0.2) is 89.0 Å². The summed E-state index contributed by atoms with van der Waals surface area (Å²) in [4.78, 5) is 20.8. The van der Waals surface area contributed by atoms with Gasteiger partial charge >= 0.3 is 0 Å². The summed E-state index contributed by atoms with van der Waals surface area (Å²) in [5, 5.41) is 0. The second-order valence-corrected chi connectivity index (χ2v) is 10.5. The number of carbonyl (C=O) groups is 1. The van der Waals surface area contributed by atoms with E-state index in [9.17, 15) is 13.2 Å². The van der Waals surface area contributed by atoms with Gasteiger partial charge in [-0.3, -0.25) is 4.79 Å². The van der Waals surface area contributed by atoms with Crippen LogP contribution in [-0.2, 0) is 16.6 Å². The first-order valence-electron chi connectivity index (χ1n) is 11.0. The van der Waals surface area contributed by atoms with Gasteiger partial charge in [0.2, 0.25) is 10.0 Å². The van der Waals surface area contributed by atoms with E-state index >= 15 is 0 Å². The lowest BCUT2D eigenvalue weighted by atomic mass is 10.1. The summed E-state index contributed by atoms with van der Waals surface area (Å²) < 4.78 is 34.6. The molecular weight excluding hydrogens is 418 g/mol. The van der Waals surface area contributed by atoms with Crippen molar-refractivity contribution in [1.82, 2.24) is 23.7 Å². The molecule has 0 aromatic carbocycles. The van der Waals surface area contributed by atoms with Crippen molar-refractivity contribution in [3.05, 3.63) is 42.4 Å². The Balaban J connectivity index is 1.33. The zero-order valence-corrected chi connectivity index (χ0v) is 18.8. The number of piperidine rings is 1. The molecule has 1 amide bonds. The molecule has 9 nitrogen and oxygen atoms in total. The van der Waals surface area contributed by atoms with Gasteiger partial charge in [0, 0.05) is 38.6 Å². The van der Waals surface area contributed by atoms with Crippen molar-refractivity contribution < 1.29 is 17.6 Å². The molecule has 2 aromatic heterocycles. The van der Waals surface area contributed by atoms with Gasteiger partial charge in [-0.1, -0.05) is 6.42 Å². The van der Waals surface area contributed by atoms with Crippen LogP contribution in [0, 0.1) is 0 Å². The van der Waals surface area contributed by atoms with Gasteiger partial charge < -0.3 is 18.8 Å². The van der Waals surface area contributed by atoms with Gasteiger partial charge in [0.25, 0.3) is 5.91 Å². The summed E-state index contributed by atoms with van der Waals surface area (Å²) in [5.41, 5.74) is 0. The Hall–Kier alpha value is -2.17. The van der Waals surface area contributed by atoms with Crippen LogP contribution in [0.25, 0.3) is 0 Å². The van der Waals surface area contributed by atoms with Gasteiger partial charge in [-0.05, 0) is 45.0 Å². The predicted molar refractivity (Wildman–Crippen MR) is 116 cm³/mol. The molecule has 2 aliphatic heterocycles. The van der Waals surface area contributed by atoms with E-state index in [2.05, 4.69) is 9.88 Å². The molecule has 0 N–H and O–H groups in total. The van der Waals surface area contributed by atoms with E-state index in [0.29, 0.717) is 31.9 Å². The van der Waals surface area contributed by atoms with Crippen LogP contribution in [0.1, 0.15) is 42.5 Å². The molecule has 170 valence electrons. The van der Waals surface area contributed by atoms with Gasteiger partial charge in [-0.25, -0.2) is 13.4 Å². The molecule has 10 heteroatoms. The van der Waals surface area contributed by atoms with E-state index in [1.165, 1.54) is 19.3 Å². The van der Waals surface area contributed by atoms with Gasteiger partial charge in [0.1, 0.15) is 5.76 Å². The molecule has 0 spiro atoms. The number of imidazole rings is 1. The van der Waals surface area contributed by atoms with Gasteiger partial charge in [-0.15, -0.1) is 0 Å². The number of amides is 1. The minimum atomic E-state index is -3.32. The first-order valence-corrected chi connectivity index (χ1v) is 12.6. The van der Waals surface area contributed by atoms with Crippen LogP contribution < -0.4 is 0 Å². The average molecular weight is 450 g/mol. The lowest BCUT2D eigenvalue weighted by Crippen LogP contribution is -2.63. The van der Waals surface area contributed by atoms with E-state index in [1.807, 2.05) is 10.8 Å². The van der Waals surface area contributed by atoms with Gasteiger partial charge in [0.15, 0.2) is 5.76 Å². The van der Waals surface area contributed by atoms with Crippen molar-refractivity contribution in [1.29, 1.82) is 0 Å². The lowest BCUT2D eigenvalue weighted by Gasteiger charge is -2.44. The molecule has 4 rings (SSSR count). The Morgan fingerprint density at radius 3 is 2.68 bits per heavy atom. The molecule has 2 fully saturated rings. The van der Waals surface area contributed by atoms with E-state index in [4.69, 9.17) is 4.42 Å². The van der Waals surface area contributed by atoms with Crippen molar-refractivity contribution in [3.8, 4) is 0 Å². The van der Waals surface area contributed by atoms with Crippen LogP contribution in [0.3, 0.4) is 0 Å². The first-order chi connectivity index (χ1) is 15.0. The summed E-state index contributed by atoms with van der Waals surface area (Å²) in [5.74, 6) is 0.840. The Morgan fingerprint density at radius 1 is 1.23 bits per heavy atom. The van der Waals surface area contributed by atoms with Crippen LogP contribution in [0.5, 0.6) is 0 Å². The van der Waals surface area contributed by atoms with Crippen LogP contribution in [0.4, 0.5) is 0 Å². The fourth-order valence-electron chi connectivity index (χ4n) is 4.23. The molecule has 2 aromatic rings. The fraction of sp³-hybridized carbons (Fsp3) is 0.619. The maximum atomic E-state index is 12.8. The second kappa shape index (κ2) is 9.54. The molecular formula is C21H31N5O4S. The van der Waals surface area contributed by atoms with Crippen LogP contribution in [0.15, 0.2) is 35.3 Å². The summed E-state index contributed by atoms with van der Waals surface area (Å²) >= 11 is 0. The van der Waals surface area contributed by atoms with E-state index in [0.717, 1.165) is 19.6 Å². The third kappa shape index (κ3) is 5.19. The topological polar surface area (TPSA) is 91.9 Å². The highest BCUT2D eigenvalue weighted by atomic mass is 32.2. The normalized spacial score (nSPS) is 18.5. The number of rotatable bonds is 9. The molecule has 2 aliphatic rings. The second-order valence-electron chi connectivity index (χ2n) is 8.28. The zero-order valence-electron chi connectivity index (χ0n) is 18.0. The number of likely N-dealkylation sites (tertiary alicyclic amines) is 2. The number of nitrogens with zero attached hydrogens (tertiary/aromatic N) is 5. The average Bonchev–Trinajstić information content (AvgIpc) is 3.42. The van der Waals surface area contributed by atoms with Crippen molar-refractivity contribution in [2.24, 2.45) is 0 Å². The molecule has 31 heavy (non-hydrogen) atoms. The zero-order chi connectivity index (χ0) is 21.8. The summed E-state index contributed by atoms with van der Waals surface area (Å²) in [6, 6.07) is 3.30. The Morgan fingerprint density at radius 2 is 2.00 bits per heavy atom. The standard InChI is InChI=1S/C21H31N5O4S/c1-2-31(28,29)26(13-12-23-9-4-3-5-10-23)18-14-25(15-18)21(27)20-7-6-19(30-20)16-24-11-8-22-17-24/h6-8,11,17-18H,2-5,9-10,12-16H2,1H3. The van der Waals surface area contributed by atoms with Crippen molar-refractivity contribution in [2.45, 2.75) is 38.8 Å². The summed E-state index contributed by atoms with van der Waals surface area (Å²) in [7, 11) is -3.32. The number of sulfonamides is 1. The highest BCUT2D eigenvalue weighted by Crippen LogP contribution is 2.22. The van der Waals surface area contributed by atoms with Crippen molar-refractivity contribution in [2.75, 3.05) is 45.0 Å². The lowest BCUT2D eigenvalue weighted by molar-refractivity contribution is 0.0405. The first kappa shape index (κ1) is 22.0. The molecule has 0 saturated carbocycles. The Labute approximate surface area is 183 Å². The highest BCUT2D eigenvalue weighted by Gasteiger charge is 2.40. The molecule has 0 unspecified atom stereocenters. The van der Waals surface area contributed by atoms with Crippen LogP contribution in [0.2, 0.25) is 0 Å². The number of carbonyl (C=O) groups excluding carboxylic acids is 1. The minimum absolute atomic E-state index is 0.0766. The third-order valence-corrected chi connectivity index (χ3v) is 8.06. The fourth-order valence-corrected chi connectivity index (χ4v) is 5.51. The monoisotopic (exact) mass is 449 g/mol. The van der Waals surface area contributed by atoms with Crippen LogP contribution >= 0.6 is 0 Å². The molecule has 0 bridgehead atoms. The van der Waals surface area contributed by atoms with E-state index in [1.54, 1.807) is 40.8 Å². The van der Waals surface area contributed by atoms with Gasteiger partial charge in [-0.2, -0.15) is 4.31 Å². The van der Waals surface area contributed by atoms with Gasteiger partial charge in [0.05, 0.1) is 24.7 Å². The molecule has 4 heterocycles. The number of aromatic nitrogens is 2. The number of hydrogen-bond donors (Lipinski definition) is 0. The number of hydrogen-bond acceptors (Lipinski definition) is 6. The minimum Gasteiger partial charge on any atom is -0.454 e. The third-order valence-electron chi connectivity index (χ3n) is 6.13. The predicted octanol–water partition coefficient (Wildman–Crippen LogP) is 1.49.